The van der Waals surface area contributed by atoms with Crippen LogP contribution in [0.3, 0.4) is 0 Å². The molecule has 0 saturated carbocycles. The molecule has 4 heteroatoms. The van der Waals surface area contributed by atoms with Crippen LogP contribution in [0.1, 0.15) is 0 Å². The number of hydrogen-bond acceptors (Lipinski definition) is 2. The molecule has 2 N–H and O–H groups in total. The Balaban J connectivity index is 2.22. The topological polar surface area (TPSA) is 43.8 Å². The van der Waals surface area contributed by atoms with E-state index in [1.807, 2.05) is 61.6 Å². The zero-order valence-corrected chi connectivity index (χ0v) is 11.8. The highest BCUT2D eigenvalue weighted by molar-refractivity contribution is 6.30. The lowest BCUT2D eigenvalue weighted by atomic mass is 10.0. The van der Waals surface area contributed by atoms with Crippen LogP contribution in [0.2, 0.25) is 5.02 Å². The predicted molar refractivity (Wildman–Crippen MR) is 83.5 cm³/mol. The molecule has 0 aliphatic heterocycles. The average Bonchev–Trinajstić information content (AvgIpc) is 2.77. The summed E-state index contributed by atoms with van der Waals surface area (Å²) < 4.78 is 1.70. The van der Waals surface area contributed by atoms with Gasteiger partial charge in [-0.1, -0.05) is 54.1 Å². The first-order valence-electron chi connectivity index (χ1n) is 6.30. The maximum Gasteiger partial charge on any atom is 0.129 e. The van der Waals surface area contributed by atoms with Crippen molar-refractivity contribution in [3.8, 4) is 22.4 Å². The molecule has 0 unspecified atom stereocenters. The molecule has 2 aromatic carbocycles. The minimum Gasteiger partial charge on any atom is -0.383 e. The molecule has 1 heterocycles. The Morgan fingerprint density at radius 2 is 1.60 bits per heavy atom. The molecule has 0 radical (unpaired) electrons. The third kappa shape index (κ3) is 2.17. The number of nitrogen functional groups attached to an aromatic ring is 1. The molecule has 0 saturated heterocycles. The van der Waals surface area contributed by atoms with Crippen molar-refractivity contribution < 1.29 is 0 Å². The van der Waals surface area contributed by atoms with E-state index in [1.54, 1.807) is 4.68 Å². The van der Waals surface area contributed by atoms with Crippen LogP contribution < -0.4 is 5.73 Å². The first-order chi connectivity index (χ1) is 9.66. The van der Waals surface area contributed by atoms with Crippen LogP contribution in [0.4, 0.5) is 5.82 Å². The molecule has 1 aromatic heterocycles. The molecule has 0 fully saturated rings. The average molecular weight is 284 g/mol. The maximum absolute atomic E-state index is 6.18. The fraction of sp³-hybridized carbons (Fsp3) is 0.0625. The highest BCUT2D eigenvalue weighted by Crippen LogP contribution is 2.35. The van der Waals surface area contributed by atoms with Gasteiger partial charge in [-0.05, 0) is 17.7 Å². The number of aromatic nitrogens is 2. The fourth-order valence-corrected chi connectivity index (χ4v) is 2.36. The Hall–Kier alpha value is -2.26. The molecule has 100 valence electrons. The molecule has 3 aromatic rings. The van der Waals surface area contributed by atoms with Gasteiger partial charge < -0.3 is 5.73 Å². The van der Waals surface area contributed by atoms with Gasteiger partial charge in [0.25, 0.3) is 0 Å². The molecule has 0 aliphatic rings. The van der Waals surface area contributed by atoms with E-state index in [9.17, 15) is 0 Å². The second-order valence-electron chi connectivity index (χ2n) is 4.61. The van der Waals surface area contributed by atoms with E-state index >= 15 is 0 Å². The fourth-order valence-electron chi connectivity index (χ4n) is 2.24. The van der Waals surface area contributed by atoms with Gasteiger partial charge in [0, 0.05) is 17.6 Å². The van der Waals surface area contributed by atoms with Gasteiger partial charge in [-0.3, -0.25) is 4.68 Å². The third-order valence-electron chi connectivity index (χ3n) is 3.27. The van der Waals surface area contributed by atoms with Crippen molar-refractivity contribution in [1.82, 2.24) is 9.78 Å². The van der Waals surface area contributed by atoms with Crippen LogP contribution in [0.15, 0.2) is 54.6 Å². The van der Waals surface area contributed by atoms with Crippen molar-refractivity contribution in [3.05, 3.63) is 59.6 Å². The van der Waals surface area contributed by atoms with Crippen molar-refractivity contribution in [2.24, 2.45) is 7.05 Å². The smallest absolute Gasteiger partial charge is 0.129 e. The predicted octanol–water partition coefficient (Wildman–Crippen LogP) is 3.99. The van der Waals surface area contributed by atoms with Gasteiger partial charge >= 0.3 is 0 Å². The van der Waals surface area contributed by atoms with Gasteiger partial charge in [0.2, 0.25) is 0 Å². The quantitative estimate of drug-likeness (QED) is 0.773. The van der Waals surface area contributed by atoms with Crippen LogP contribution >= 0.6 is 11.6 Å². The Morgan fingerprint density at radius 3 is 2.25 bits per heavy atom. The summed E-state index contributed by atoms with van der Waals surface area (Å²) in [5, 5.41) is 5.24. The van der Waals surface area contributed by atoms with Gasteiger partial charge in [0.05, 0.1) is 5.56 Å². The highest BCUT2D eigenvalue weighted by Gasteiger charge is 2.16. The number of anilines is 1. The summed E-state index contributed by atoms with van der Waals surface area (Å²) in [5.41, 5.74) is 10.1. The lowest BCUT2D eigenvalue weighted by Gasteiger charge is -2.04. The molecule has 0 spiro atoms. The Labute approximate surface area is 122 Å². The largest absolute Gasteiger partial charge is 0.383 e. The minimum atomic E-state index is 0.654. The van der Waals surface area contributed by atoms with E-state index in [0.717, 1.165) is 22.4 Å². The van der Waals surface area contributed by atoms with Crippen molar-refractivity contribution in [3.63, 3.8) is 0 Å². The summed E-state index contributed by atoms with van der Waals surface area (Å²) in [6.45, 7) is 0. The normalized spacial score (nSPS) is 10.7. The first kappa shape index (κ1) is 12.8. The summed E-state index contributed by atoms with van der Waals surface area (Å²) in [6.07, 6.45) is 0. The summed E-state index contributed by atoms with van der Waals surface area (Å²) in [6, 6.07) is 17.7. The SMILES string of the molecule is Cn1nc(-c2ccc(Cl)cc2)c(-c2ccccc2)c1N. The summed E-state index contributed by atoms with van der Waals surface area (Å²) in [7, 11) is 1.85. The number of nitrogens with two attached hydrogens (primary N) is 1. The summed E-state index contributed by atoms with van der Waals surface area (Å²) in [5.74, 6) is 0.654. The standard InChI is InChI=1S/C16H14ClN3/c1-20-16(18)14(11-5-3-2-4-6-11)15(19-20)12-7-9-13(17)10-8-12/h2-10H,18H2,1H3. The Morgan fingerprint density at radius 1 is 0.950 bits per heavy atom. The molecular weight excluding hydrogens is 270 g/mol. The molecular formula is C16H14ClN3. The van der Waals surface area contributed by atoms with Gasteiger partial charge in [-0.15, -0.1) is 0 Å². The number of hydrogen-bond donors (Lipinski definition) is 1. The van der Waals surface area contributed by atoms with E-state index in [4.69, 9.17) is 17.3 Å². The monoisotopic (exact) mass is 283 g/mol. The highest BCUT2D eigenvalue weighted by atomic mass is 35.5. The Bertz CT molecular complexity index is 730. The van der Waals surface area contributed by atoms with Crippen LogP contribution in [0.5, 0.6) is 0 Å². The summed E-state index contributed by atoms with van der Waals surface area (Å²) in [4.78, 5) is 0. The lowest BCUT2D eigenvalue weighted by Crippen LogP contribution is -1.97. The van der Waals surface area contributed by atoms with Crippen LogP contribution in [-0.4, -0.2) is 9.78 Å². The number of aryl methyl sites for hydroxylation is 1. The van der Waals surface area contributed by atoms with E-state index in [-0.39, 0.29) is 0 Å². The third-order valence-corrected chi connectivity index (χ3v) is 3.52. The Kier molecular flexibility index (Phi) is 3.20. The van der Waals surface area contributed by atoms with E-state index < -0.39 is 0 Å². The van der Waals surface area contributed by atoms with Crippen molar-refractivity contribution >= 4 is 17.4 Å². The van der Waals surface area contributed by atoms with E-state index in [0.29, 0.717) is 10.8 Å². The lowest BCUT2D eigenvalue weighted by molar-refractivity contribution is 0.782. The summed E-state index contributed by atoms with van der Waals surface area (Å²) >= 11 is 5.94. The van der Waals surface area contributed by atoms with Gasteiger partial charge in [0.15, 0.2) is 0 Å². The number of rotatable bonds is 2. The van der Waals surface area contributed by atoms with E-state index in [2.05, 4.69) is 5.10 Å². The first-order valence-corrected chi connectivity index (χ1v) is 6.68. The zero-order valence-electron chi connectivity index (χ0n) is 11.0. The second-order valence-corrected chi connectivity index (χ2v) is 5.04. The number of halogens is 1. The molecule has 0 atom stereocenters. The van der Waals surface area contributed by atoms with Gasteiger partial charge in [-0.25, -0.2) is 0 Å². The van der Waals surface area contributed by atoms with Gasteiger partial charge in [0.1, 0.15) is 11.5 Å². The van der Waals surface area contributed by atoms with Gasteiger partial charge in [-0.2, -0.15) is 5.10 Å². The molecule has 3 rings (SSSR count). The number of nitrogens with zero attached hydrogens (tertiary/aromatic N) is 2. The molecule has 0 amide bonds. The number of benzene rings is 2. The van der Waals surface area contributed by atoms with E-state index in [1.165, 1.54) is 0 Å². The van der Waals surface area contributed by atoms with Crippen molar-refractivity contribution in [2.45, 2.75) is 0 Å². The molecule has 3 nitrogen and oxygen atoms in total. The van der Waals surface area contributed by atoms with Crippen LogP contribution in [0.25, 0.3) is 22.4 Å². The van der Waals surface area contributed by atoms with Crippen molar-refractivity contribution in [1.29, 1.82) is 0 Å². The van der Waals surface area contributed by atoms with Crippen LogP contribution in [-0.2, 0) is 7.05 Å². The van der Waals surface area contributed by atoms with Crippen LogP contribution in [0, 0.1) is 0 Å². The minimum absolute atomic E-state index is 0.654. The second kappa shape index (κ2) is 5.02. The molecule has 0 bridgehead atoms. The molecule has 20 heavy (non-hydrogen) atoms. The zero-order chi connectivity index (χ0) is 14.1. The molecule has 0 aliphatic carbocycles. The van der Waals surface area contributed by atoms with Crippen molar-refractivity contribution in [2.75, 3.05) is 5.73 Å². The maximum atomic E-state index is 6.18.